The van der Waals surface area contributed by atoms with E-state index in [0.717, 1.165) is 4.90 Å². The number of hydrogen-bond donors (Lipinski definition) is 0. The van der Waals surface area contributed by atoms with E-state index in [1.807, 2.05) is 18.2 Å². The Morgan fingerprint density at radius 1 is 0.905 bits per heavy atom. The van der Waals surface area contributed by atoms with Gasteiger partial charge in [-0.15, -0.1) is 0 Å². The summed E-state index contributed by atoms with van der Waals surface area (Å²) in [6.45, 7) is 0. The minimum absolute atomic E-state index is 0.325. The molecule has 0 bridgehead atoms. The Labute approximate surface area is 126 Å². The molecule has 0 spiro atoms. The molecular formula is C16H10ClNO3. The van der Waals surface area contributed by atoms with E-state index in [1.165, 1.54) is 18.2 Å². The number of imide groups is 1. The molecule has 0 saturated heterocycles. The van der Waals surface area contributed by atoms with Crippen LogP contribution in [0.25, 0.3) is 0 Å². The molecule has 1 heterocycles. The van der Waals surface area contributed by atoms with E-state index in [2.05, 4.69) is 0 Å². The molecule has 0 fully saturated rings. The summed E-state index contributed by atoms with van der Waals surface area (Å²) in [5.74, 6) is 0.157. The second-order valence-corrected chi connectivity index (χ2v) is 4.81. The number of amides is 2. The number of hydrogen-bond acceptors (Lipinski definition) is 3. The minimum atomic E-state index is -0.417. The van der Waals surface area contributed by atoms with Crippen LogP contribution in [0.5, 0.6) is 11.5 Å². The lowest BCUT2D eigenvalue weighted by atomic mass is 10.2. The second-order valence-electron chi connectivity index (χ2n) is 4.37. The van der Waals surface area contributed by atoms with E-state index in [9.17, 15) is 9.59 Å². The molecule has 1 aliphatic heterocycles. The molecule has 104 valence electrons. The van der Waals surface area contributed by atoms with Crippen molar-refractivity contribution in [2.75, 3.05) is 4.90 Å². The first kappa shape index (κ1) is 13.4. The van der Waals surface area contributed by atoms with Gasteiger partial charge in [-0.05, 0) is 30.3 Å². The number of carbonyl (C=O) groups is 2. The highest BCUT2D eigenvalue weighted by Crippen LogP contribution is 2.36. The van der Waals surface area contributed by atoms with Crippen molar-refractivity contribution in [1.82, 2.24) is 0 Å². The zero-order valence-corrected chi connectivity index (χ0v) is 11.6. The van der Waals surface area contributed by atoms with Gasteiger partial charge in [0.2, 0.25) is 0 Å². The molecule has 21 heavy (non-hydrogen) atoms. The number of benzene rings is 2. The molecule has 1 aliphatic rings. The van der Waals surface area contributed by atoms with Crippen molar-refractivity contribution in [2.24, 2.45) is 0 Å². The Bertz CT molecular complexity index is 722. The number of rotatable bonds is 3. The standard InChI is InChI=1S/C16H10ClNO3/c17-11-6-7-14(21-12-4-2-1-3-5-12)13(10-11)18-15(19)8-9-16(18)20/h1-10H. The maximum absolute atomic E-state index is 11.8. The quantitative estimate of drug-likeness (QED) is 0.814. The van der Waals surface area contributed by atoms with Gasteiger partial charge in [0.1, 0.15) is 5.75 Å². The molecule has 0 saturated carbocycles. The molecule has 0 atom stereocenters. The van der Waals surface area contributed by atoms with Gasteiger partial charge in [0.25, 0.3) is 11.8 Å². The monoisotopic (exact) mass is 299 g/mol. The first-order chi connectivity index (χ1) is 10.1. The van der Waals surface area contributed by atoms with E-state index in [4.69, 9.17) is 16.3 Å². The fraction of sp³-hybridized carbons (Fsp3) is 0. The van der Waals surface area contributed by atoms with E-state index >= 15 is 0 Å². The SMILES string of the molecule is O=C1C=CC(=O)N1c1cc(Cl)ccc1Oc1ccccc1. The smallest absolute Gasteiger partial charge is 0.258 e. The molecule has 5 heteroatoms. The molecule has 0 N–H and O–H groups in total. The van der Waals surface area contributed by atoms with Crippen molar-refractivity contribution in [1.29, 1.82) is 0 Å². The zero-order chi connectivity index (χ0) is 14.8. The number of halogens is 1. The van der Waals surface area contributed by atoms with E-state index in [-0.39, 0.29) is 0 Å². The maximum Gasteiger partial charge on any atom is 0.258 e. The highest BCUT2D eigenvalue weighted by atomic mass is 35.5. The average Bonchev–Trinajstić information content (AvgIpc) is 2.81. The molecule has 4 nitrogen and oxygen atoms in total. The van der Waals surface area contributed by atoms with Gasteiger partial charge in [-0.1, -0.05) is 29.8 Å². The van der Waals surface area contributed by atoms with Crippen LogP contribution in [-0.2, 0) is 9.59 Å². The van der Waals surface area contributed by atoms with Gasteiger partial charge in [0.05, 0.1) is 5.69 Å². The van der Waals surface area contributed by atoms with Crippen LogP contribution < -0.4 is 9.64 Å². The van der Waals surface area contributed by atoms with Crippen LogP contribution in [0.1, 0.15) is 0 Å². The van der Waals surface area contributed by atoms with E-state index in [0.29, 0.717) is 22.2 Å². The topological polar surface area (TPSA) is 46.6 Å². The molecule has 2 aromatic carbocycles. The number of ether oxygens (including phenoxy) is 1. The second kappa shape index (κ2) is 5.42. The Morgan fingerprint density at radius 3 is 2.24 bits per heavy atom. The van der Waals surface area contributed by atoms with Crippen LogP contribution in [0.15, 0.2) is 60.7 Å². The normalized spacial score (nSPS) is 13.9. The first-order valence-electron chi connectivity index (χ1n) is 6.24. The summed E-state index contributed by atoms with van der Waals surface area (Å²) in [5, 5.41) is 0.415. The summed E-state index contributed by atoms with van der Waals surface area (Å²) in [6, 6.07) is 13.9. The van der Waals surface area contributed by atoms with Crippen molar-refractivity contribution < 1.29 is 14.3 Å². The highest BCUT2D eigenvalue weighted by Gasteiger charge is 2.28. The maximum atomic E-state index is 11.8. The van der Waals surface area contributed by atoms with Gasteiger partial charge in [-0.25, -0.2) is 4.90 Å². The summed E-state index contributed by atoms with van der Waals surface area (Å²) in [7, 11) is 0. The van der Waals surface area contributed by atoms with Gasteiger partial charge in [-0.3, -0.25) is 9.59 Å². The Hall–Kier alpha value is -2.59. The number of para-hydroxylation sites is 1. The number of carbonyl (C=O) groups excluding carboxylic acids is 2. The lowest BCUT2D eigenvalue weighted by molar-refractivity contribution is -0.120. The lowest BCUT2D eigenvalue weighted by Gasteiger charge is -2.18. The van der Waals surface area contributed by atoms with Gasteiger partial charge < -0.3 is 4.74 Å². The third kappa shape index (κ3) is 2.66. The third-order valence-electron chi connectivity index (χ3n) is 2.94. The first-order valence-corrected chi connectivity index (χ1v) is 6.61. The summed E-state index contributed by atoms with van der Waals surface area (Å²) in [4.78, 5) is 24.7. The molecule has 2 aromatic rings. The average molecular weight is 300 g/mol. The van der Waals surface area contributed by atoms with E-state index < -0.39 is 11.8 Å². The Balaban J connectivity index is 2.02. The fourth-order valence-corrected chi connectivity index (χ4v) is 2.17. The predicted molar refractivity (Wildman–Crippen MR) is 79.6 cm³/mol. The van der Waals surface area contributed by atoms with Crippen LogP contribution in [0, 0.1) is 0 Å². The Morgan fingerprint density at radius 2 is 1.57 bits per heavy atom. The molecular weight excluding hydrogens is 290 g/mol. The fourth-order valence-electron chi connectivity index (χ4n) is 2.00. The predicted octanol–water partition coefficient (Wildman–Crippen LogP) is 3.56. The largest absolute Gasteiger partial charge is 0.455 e. The van der Waals surface area contributed by atoms with Crippen LogP contribution in [-0.4, -0.2) is 11.8 Å². The van der Waals surface area contributed by atoms with Crippen molar-refractivity contribution >= 4 is 29.1 Å². The number of anilines is 1. The summed E-state index contributed by atoms with van der Waals surface area (Å²) >= 11 is 5.97. The summed E-state index contributed by atoms with van der Waals surface area (Å²) in [5.41, 5.74) is 0.325. The highest BCUT2D eigenvalue weighted by molar-refractivity contribution is 6.32. The van der Waals surface area contributed by atoms with Gasteiger partial charge in [-0.2, -0.15) is 0 Å². The number of nitrogens with zero attached hydrogens (tertiary/aromatic N) is 1. The van der Waals surface area contributed by atoms with Crippen LogP contribution in [0.2, 0.25) is 5.02 Å². The summed E-state index contributed by atoms with van der Waals surface area (Å²) in [6.07, 6.45) is 2.44. The molecule has 0 aromatic heterocycles. The van der Waals surface area contributed by atoms with Crippen molar-refractivity contribution in [3.63, 3.8) is 0 Å². The minimum Gasteiger partial charge on any atom is -0.455 e. The molecule has 0 radical (unpaired) electrons. The van der Waals surface area contributed by atoms with Crippen LogP contribution >= 0.6 is 11.6 Å². The molecule has 2 amide bonds. The summed E-state index contributed by atoms with van der Waals surface area (Å²) < 4.78 is 5.74. The van der Waals surface area contributed by atoms with Gasteiger partial charge in [0.15, 0.2) is 5.75 Å². The zero-order valence-electron chi connectivity index (χ0n) is 10.8. The molecule has 0 aliphatic carbocycles. The molecule has 0 unspecified atom stereocenters. The molecule has 3 rings (SSSR count). The third-order valence-corrected chi connectivity index (χ3v) is 3.18. The van der Waals surface area contributed by atoms with Gasteiger partial charge in [0, 0.05) is 17.2 Å². The Kier molecular flexibility index (Phi) is 3.46. The van der Waals surface area contributed by atoms with Crippen LogP contribution in [0.4, 0.5) is 5.69 Å². The van der Waals surface area contributed by atoms with Crippen LogP contribution in [0.3, 0.4) is 0 Å². The van der Waals surface area contributed by atoms with Crippen molar-refractivity contribution in [3.8, 4) is 11.5 Å². The lowest BCUT2D eigenvalue weighted by Crippen LogP contribution is -2.29. The van der Waals surface area contributed by atoms with Crippen molar-refractivity contribution in [3.05, 3.63) is 65.7 Å². The van der Waals surface area contributed by atoms with Gasteiger partial charge >= 0.3 is 0 Å². The van der Waals surface area contributed by atoms with E-state index in [1.54, 1.807) is 24.3 Å². The van der Waals surface area contributed by atoms with Crippen molar-refractivity contribution in [2.45, 2.75) is 0 Å².